The third-order valence-electron chi connectivity index (χ3n) is 2.61. The molecule has 106 valence electrons. The summed E-state index contributed by atoms with van der Waals surface area (Å²) in [6, 6.07) is 3.30. The van der Waals surface area contributed by atoms with Crippen LogP contribution in [0.25, 0.3) is 0 Å². The van der Waals surface area contributed by atoms with E-state index in [2.05, 4.69) is 4.72 Å². The van der Waals surface area contributed by atoms with Crippen LogP contribution in [-0.2, 0) is 10.2 Å². The largest absolute Gasteiger partial charge is 0.384 e. The Morgan fingerprint density at radius 3 is 2.53 bits per heavy atom. The molecule has 0 bridgehead atoms. The van der Waals surface area contributed by atoms with Gasteiger partial charge in [-0.2, -0.15) is 12.7 Å². The molecule has 0 amide bonds. The molecule has 19 heavy (non-hydrogen) atoms. The highest BCUT2D eigenvalue weighted by Gasteiger charge is 2.20. The zero-order valence-electron chi connectivity index (χ0n) is 10.9. The second-order valence-electron chi connectivity index (χ2n) is 4.33. The number of nitrogens with zero attached hydrogens (tertiary/aromatic N) is 1. The van der Waals surface area contributed by atoms with Crippen molar-refractivity contribution in [3.63, 3.8) is 0 Å². The molecule has 1 aromatic rings. The van der Waals surface area contributed by atoms with Gasteiger partial charge in [0.2, 0.25) is 0 Å². The molecule has 0 spiro atoms. The summed E-state index contributed by atoms with van der Waals surface area (Å²) in [5.41, 5.74) is 5.22. The molecule has 0 aliphatic carbocycles. The van der Waals surface area contributed by atoms with E-state index in [1.807, 2.05) is 0 Å². The fourth-order valence-electron chi connectivity index (χ4n) is 1.29. The third-order valence-corrected chi connectivity index (χ3v) is 4.28. The first-order valence-electron chi connectivity index (χ1n) is 5.55. The number of nitrogen functional groups attached to an aromatic ring is 1. The van der Waals surface area contributed by atoms with Crippen LogP contribution in [0, 0.1) is 11.2 Å². The van der Waals surface area contributed by atoms with Crippen molar-refractivity contribution < 1.29 is 12.8 Å². The van der Waals surface area contributed by atoms with Crippen molar-refractivity contribution in [1.29, 1.82) is 5.41 Å². The Morgan fingerprint density at radius 1 is 1.47 bits per heavy atom. The highest BCUT2D eigenvalue weighted by atomic mass is 32.2. The van der Waals surface area contributed by atoms with Gasteiger partial charge in [-0.1, -0.05) is 0 Å². The van der Waals surface area contributed by atoms with E-state index >= 15 is 0 Å². The summed E-state index contributed by atoms with van der Waals surface area (Å²) in [6.07, 6.45) is 0. The van der Waals surface area contributed by atoms with Crippen molar-refractivity contribution in [2.45, 2.75) is 19.9 Å². The average Bonchev–Trinajstić information content (AvgIpc) is 2.29. The van der Waals surface area contributed by atoms with Crippen LogP contribution in [0.1, 0.15) is 19.4 Å². The Hall–Kier alpha value is -1.67. The number of rotatable bonds is 5. The van der Waals surface area contributed by atoms with Crippen LogP contribution in [0.4, 0.5) is 10.1 Å². The normalized spacial score (nSPS) is 11.9. The molecule has 0 fully saturated rings. The second kappa shape index (κ2) is 5.54. The van der Waals surface area contributed by atoms with Crippen LogP contribution in [-0.4, -0.2) is 31.6 Å². The monoisotopic (exact) mass is 288 g/mol. The Morgan fingerprint density at radius 2 is 2.05 bits per heavy atom. The number of hydrogen-bond donors (Lipinski definition) is 3. The molecular formula is C11H17FN4O2S. The topological polar surface area (TPSA) is 99.3 Å². The average molecular weight is 288 g/mol. The number of nitrogens with two attached hydrogens (primary N) is 1. The molecule has 0 aliphatic heterocycles. The van der Waals surface area contributed by atoms with Crippen molar-refractivity contribution >= 4 is 21.7 Å². The van der Waals surface area contributed by atoms with E-state index in [-0.39, 0.29) is 17.3 Å². The van der Waals surface area contributed by atoms with Gasteiger partial charge in [0.1, 0.15) is 11.7 Å². The molecule has 1 aromatic carbocycles. The van der Waals surface area contributed by atoms with Crippen molar-refractivity contribution in [2.75, 3.05) is 11.8 Å². The molecule has 0 atom stereocenters. The van der Waals surface area contributed by atoms with Gasteiger partial charge in [0, 0.05) is 13.1 Å². The van der Waals surface area contributed by atoms with Crippen molar-refractivity contribution in [2.24, 2.45) is 5.73 Å². The van der Waals surface area contributed by atoms with Crippen LogP contribution in [0.3, 0.4) is 0 Å². The predicted molar refractivity (Wildman–Crippen MR) is 72.9 cm³/mol. The first-order chi connectivity index (χ1) is 8.65. The minimum atomic E-state index is -3.72. The van der Waals surface area contributed by atoms with Crippen molar-refractivity contribution in [3.05, 3.63) is 29.6 Å². The van der Waals surface area contributed by atoms with Gasteiger partial charge in [-0.05, 0) is 32.0 Å². The summed E-state index contributed by atoms with van der Waals surface area (Å²) in [5.74, 6) is -1.14. The minimum absolute atomic E-state index is 0.146. The number of benzene rings is 1. The highest BCUT2D eigenvalue weighted by molar-refractivity contribution is 7.90. The number of nitrogens with one attached hydrogen (secondary N) is 2. The molecule has 0 saturated carbocycles. The lowest BCUT2D eigenvalue weighted by Gasteiger charge is -2.21. The molecule has 0 aliphatic rings. The first kappa shape index (κ1) is 15.4. The summed E-state index contributed by atoms with van der Waals surface area (Å²) < 4.78 is 40.7. The lowest BCUT2D eigenvalue weighted by atomic mass is 10.2. The summed E-state index contributed by atoms with van der Waals surface area (Å²) in [4.78, 5) is 0. The standard InChI is InChI=1S/C11H17FN4O2S/c1-7(2)16(3)19(17,18)15-8-4-5-10(12)9(6-8)11(13)14/h4-7,15H,1-3H3,(H3,13,14). The lowest BCUT2D eigenvalue weighted by molar-refractivity contribution is 0.414. The van der Waals surface area contributed by atoms with Gasteiger partial charge in [-0.25, -0.2) is 4.39 Å². The Kier molecular flexibility index (Phi) is 4.48. The number of amidine groups is 1. The quantitative estimate of drug-likeness (QED) is 0.559. The second-order valence-corrected chi connectivity index (χ2v) is 6.06. The van der Waals surface area contributed by atoms with E-state index in [1.165, 1.54) is 19.2 Å². The predicted octanol–water partition coefficient (Wildman–Crippen LogP) is 1.11. The van der Waals surface area contributed by atoms with E-state index < -0.39 is 21.9 Å². The molecule has 0 radical (unpaired) electrons. The van der Waals surface area contributed by atoms with Gasteiger partial charge < -0.3 is 5.73 Å². The van der Waals surface area contributed by atoms with Gasteiger partial charge in [-0.15, -0.1) is 0 Å². The van der Waals surface area contributed by atoms with E-state index in [0.717, 1.165) is 10.4 Å². The molecular weight excluding hydrogens is 271 g/mol. The smallest absolute Gasteiger partial charge is 0.301 e. The summed E-state index contributed by atoms with van der Waals surface area (Å²) in [6.45, 7) is 3.45. The molecule has 0 unspecified atom stereocenters. The summed E-state index contributed by atoms with van der Waals surface area (Å²) in [7, 11) is -2.29. The molecule has 6 nitrogen and oxygen atoms in total. The fraction of sp³-hybridized carbons (Fsp3) is 0.364. The van der Waals surface area contributed by atoms with Gasteiger partial charge in [0.25, 0.3) is 0 Å². The first-order valence-corrected chi connectivity index (χ1v) is 6.99. The molecule has 8 heteroatoms. The maximum atomic E-state index is 13.3. The number of anilines is 1. The molecule has 0 aromatic heterocycles. The van der Waals surface area contributed by atoms with Gasteiger partial charge in [-0.3, -0.25) is 10.1 Å². The Balaban J connectivity index is 3.07. The van der Waals surface area contributed by atoms with Crippen LogP contribution < -0.4 is 10.5 Å². The van der Waals surface area contributed by atoms with Gasteiger partial charge in [0.05, 0.1) is 11.3 Å². The molecule has 1 rings (SSSR count). The number of hydrogen-bond acceptors (Lipinski definition) is 3. The van der Waals surface area contributed by atoms with E-state index in [4.69, 9.17) is 11.1 Å². The maximum Gasteiger partial charge on any atom is 0.301 e. The fourth-order valence-corrected chi connectivity index (χ4v) is 2.42. The highest BCUT2D eigenvalue weighted by Crippen LogP contribution is 2.17. The lowest BCUT2D eigenvalue weighted by Crippen LogP contribution is -2.37. The molecule has 0 saturated heterocycles. The Bertz CT molecular complexity index is 586. The van der Waals surface area contributed by atoms with Crippen LogP contribution >= 0.6 is 0 Å². The van der Waals surface area contributed by atoms with E-state index in [0.29, 0.717) is 0 Å². The van der Waals surface area contributed by atoms with Crippen LogP contribution in [0.2, 0.25) is 0 Å². The van der Waals surface area contributed by atoms with Crippen LogP contribution in [0.15, 0.2) is 18.2 Å². The Labute approximate surface area is 112 Å². The molecule has 0 heterocycles. The maximum absolute atomic E-state index is 13.3. The number of halogens is 1. The molecule has 4 N–H and O–H groups in total. The SMILES string of the molecule is CC(C)N(C)S(=O)(=O)Nc1ccc(F)c(C(=N)N)c1. The van der Waals surface area contributed by atoms with Crippen molar-refractivity contribution in [1.82, 2.24) is 4.31 Å². The summed E-state index contributed by atoms with van der Waals surface area (Å²) in [5, 5.41) is 7.21. The van der Waals surface area contributed by atoms with Gasteiger partial charge in [0.15, 0.2) is 0 Å². The van der Waals surface area contributed by atoms with Gasteiger partial charge >= 0.3 is 10.2 Å². The van der Waals surface area contributed by atoms with Crippen molar-refractivity contribution in [3.8, 4) is 0 Å². The summed E-state index contributed by atoms with van der Waals surface area (Å²) >= 11 is 0. The third kappa shape index (κ3) is 3.65. The van der Waals surface area contributed by atoms with Crippen LogP contribution in [0.5, 0.6) is 0 Å². The zero-order valence-corrected chi connectivity index (χ0v) is 11.8. The van der Waals surface area contributed by atoms with E-state index in [1.54, 1.807) is 13.8 Å². The zero-order chi connectivity index (χ0) is 14.8. The van der Waals surface area contributed by atoms with E-state index in [9.17, 15) is 12.8 Å². The minimum Gasteiger partial charge on any atom is -0.384 e.